The van der Waals surface area contributed by atoms with Gasteiger partial charge < -0.3 is 10.2 Å². The average molecular weight is 312 g/mol. The number of likely N-dealkylation sites (tertiary alicyclic amines) is 1. The van der Waals surface area contributed by atoms with Crippen LogP contribution in [0.3, 0.4) is 0 Å². The fourth-order valence-corrected chi connectivity index (χ4v) is 3.71. The molecule has 0 amide bonds. The molecule has 1 saturated heterocycles. The van der Waals surface area contributed by atoms with Crippen LogP contribution < -0.4 is 5.32 Å². The number of nitrogens with zero attached hydrogens (tertiary/aromatic N) is 3. The number of anilines is 1. The van der Waals surface area contributed by atoms with Gasteiger partial charge in [0.05, 0.1) is 5.69 Å². The number of sulfonamides is 1. The van der Waals surface area contributed by atoms with Crippen molar-refractivity contribution in [3.05, 3.63) is 18.3 Å². The van der Waals surface area contributed by atoms with Crippen molar-refractivity contribution in [2.24, 2.45) is 0 Å². The molecule has 1 N–H and O–H groups in total. The number of aromatic nitrogens is 1. The van der Waals surface area contributed by atoms with Gasteiger partial charge in [-0.2, -0.15) is 4.31 Å². The zero-order chi connectivity index (χ0) is 15.3. The molecule has 0 aromatic carbocycles. The SMILES string of the molecule is CCNc1cccnc1S(=O)(=O)N(C)CCN1CCCC1. The van der Waals surface area contributed by atoms with Crippen molar-refractivity contribution in [1.82, 2.24) is 14.2 Å². The summed E-state index contributed by atoms with van der Waals surface area (Å²) in [5, 5.41) is 3.16. The van der Waals surface area contributed by atoms with E-state index in [9.17, 15) is 8.42 Å². The normalized spacial score (nSPS) is 16.5. The second-order valence-electron chi connectivity index (χ2n) is 5.26. The maximum Gasteiger partial charge on any atom is 0.262 e. The fourth-order valence-electron chi connectivity index (χ4n) is 2.48. The van der Waals surface area contributed by atoms with Crippen LogP contribution in [0.1, 0.15) is 19.8 Å². The van der Waals surface area contributed by atoms with Gasteiger partial charge in [-0.3, -0.25) is 0 Å². The molecule has 6 nitrogen and oxygen atoms in total. The minimum absolute atomic E-state index is 0.107. The molecule has 1 aromatic heterocycles. The van der Waals surface area contributed by atoms with Gasteiger partial charge in [0.1, 0.15) is 0 Å². The lowest BCUT2D eigenvalue weighted by Crippen LogP contribution is -2.35. The summed E-state index contributed by atoms with van der Waals surface area (Å²) >= 11 is 0. The van der Waals surface area contributed by atoms with E-state index >= 15 is 0 Å². The summed E-state index contributed by atoms with van der Waals surface area (Å²) < 4.78 is 26.7. The van der Waals surface area contributed by atoms with E-state index in [-0.39, 0.29) is 5.03 Å². The van der Waals surface area contributed by atoms with E-state index in [2.05, 4.69) is 15.2 Å². The Morgan fingerprint density at radius 1 is 1.38 bits per heavy atom. The van der Waals surface area contributed by atoms with Crippen molar-refractivity contribution >= 4 is 15.7 Å². The molecule has 0 aliphatic carbocycles. The Balaban J connectivity index is 2.09. The van der Waals surface area contributed by atoms with Crippen LogP contribution in [0.4, 0.5) is 5.69 Å². The third-order valence-corrected chi connectivity index (χ3v) is 5.54. The van der Waals surface area contributed by atoms with Crippen LogP contribution in [-0.2, 0) is 10.0 Å². The Kier molecular flexibility index (Phi) is 5.55. The second-order valence-corrected chi connectivity index (χ2v) is 7.22. The first-order valence-corrected chi connectivity index (χ1v) is 8.87. The van der Waals surface area contributed by atoms with E-state index in [0.29, 0.717) is 18.8 Å². The summed E-state index contributed by atoms with van der Waals surface area (Å²) in [7, 11) is -1.93. The van der Waals surface area contributed by atoms with Crippen molar-refractivity contribution < 1.29 is 8.42 Å². The fraction of sp³-hybridized carbons (Fsp3) is 0.643. The topological polar surface area (TPSA) is 65.5 Å². The summed E-state index contributed by atoms with van der Waals surface area (Å²) in [6.07, 6.45) is 3.94. The highest BCUT2D eigenvalue weighted by Crippen LogP contribution is 2.21. The van der Waals surface area contributed by atoms with Gasteiger partial charge in [0, 0.05) is 32.9 Å². The molecule has 0 atom stereocenters. The smallest absolute Gasteiger partial charge is 0.262 e. The van der Waals surface area contributed by atoms with Crippen LogP contribution in [0.15, 0.2) is 23.4 Å². The minimum atomic E-state index is -3.55. The first-order valence-electron chi connectivity index (χ1n) is 7.43. The maximum atomic E-state index is 12.6. The lowest BCUT2D eigenvalue weighted by Gasteiger charge is -2.21. The van der Waals surface area contributed by atoms with Gasteiger partial charge in [-0.15, -0.1) is 0 Å². The Labute approximate surface area is 127 Å². The highest BCUT2D eigenvalue weighted by Gasteiger charge is 2.26. The number of hydrogen-bond donors (Lipinski definition) is 1. The summed E-state index contributed by atoms with van der Waals surface area (Å²) in [6.45, 7) is 6.00. The molecular formula is C14H24N4O2S. The van der Waals surface area contributed by atoms with E-state index in [0.717, 1.165) is 19.6 Å². The third kappa shape index (κ3) is 3.93. The monoisotopic (exact) mass is 312 g/mol. The van der Waals surface area contributed by atoms with Crippen molar-refractivity contribution in [2.45, 2.75) is 24.8 Å². The molecule has 0 radical (unpaired) electrons. The molecule has 0 bridgehead atoms. The van der Waals surface area contributed by atoms with Crippen molar-refractivity contribution in [2.75, 3.05) is 45.1 Å². The highest BCUT2D eigenvalue weighted by atomic mass is 32.2. The molecule has 21 heavy (non-hydrogen) atoms. The zero-order valence-corrected chi connectivity index (χ0v) is 13.6. The van der Waals surface area contributed by atoms with Crippen molar-refractivity contribution in [3.63, 3.8) is 0 Å². The van der Waals surface area contributed by atoms with Gasteiger partial charge >= 0.3 is 0 Å². The molecule has 1 fully saturated rings. The van der Waals surface area contributed by atoms with Crippen LogP contribution >= 0.6 is 0 Å². The number of pyridine rings is 1. The molecule has 7 heteroatoms. The summed E-state index contributed by atoms with van der Waals surface area (Å²) in [5.74, 6) is 0. The lowest BCUT2D eigenvalue weighted by molar-refractivity contribution is 0.309. The molecule has 1 aliphatic rings. The molecular weight excluding hydrogens is 288 g/mol. The summed E-state index contributed by atoms with van der Waals surface area (Å²) in [5.41, 5.74) is 0.563. The standard InChI is InChI=1S/C14H24N4O2S/c1-3-15-13-7-6-8-16-14(13)21(19,20)17(2)11-12-18-9-4-5-10-18/h6-8,15H,3-5,9-12H2,1-2H3. The second kappa shape index (κ2) is 7.20. The van der Waals surface area contributed by atoms with Gasteiger partial charge in [-0.25, -0.2) is 13.4 Å². The van der Waals surface area contributed by atoms with Crippen LogP contribution in [0.2, 0.25) is 0 Å². The number of hydrogen-bond acceptors (Lipinski definition) is 5. The Morgan fingerprint density at radius 2 is 2.10 bits per heavy atom. The minimum Gasteiger partial charge on any atom is -0.383 e. The van der Waals surface area contributed by atoms with Crippen LogP contribution in [0, 0.1) is 0 Å². The first kappa shape index (κ1) is 16.2. The molecule has 0 unspecified atom stereocenters. The average Bonchev–Trinajstić information content (AvgIpc) is 2.98. The molecule has 1 aliphatic heterocycles. The number of nitrogens with one attached hydrogen (secondary N) is 1. The van der Waals surface area contributed by atoms with Gasteiger partial charge in [-0.05, 0) is 45.0 Å². The Bertz CT molecular complexity index is 556. The van der Waals surface area contributed by atoms with Crippen molar-refractivity contribution in [1.29, 1.82) is 0 Å². The quantitative estimate of drug-likeness (QED) is 0.820. The lowest BCUT2D eigenvalue weighted by atomic mass is 10.4. The van der Waals surface area contributed by atoms with Crippen LogP contribution in [0.5, 0.6) is 0 Å². The molecule has 1 aromatic rings. The van der Waals surface area contributed by atoms with Gasteiger partial charge in [-0.1, -0.05) is 0 Å². The third-order valence-electron chi connectivity index (χ3n) is 3.72. The summed E-state index contributed by atoms with van der Waals surface area (Å²) in [6, 6.07) is 3.49. The van der Waals surface area contributed by atoms with E-state index in [4.69, 9.17) is 0 Å². The van der Waals surface area contributed by atoms with Gasteiger partial charge in [0.25, 0.3) is 10.0 Å². The maximum absolute atomic E-state index is 12.6. The van der Waals surface area contributed by atoms with Crippen LogP contribution in [-0.4, -0.2) is 62.4 Å². The van der Waals surface area contributed by atoms with E-state index < -0.39 is 10.0 Å². The molecule has 2 heterocycles. The van der Waals surface area contributed by atoms with E-state index in [1.807, 2.05) is 6.92 Å². The largest absolute Gasteiger partial charge is 0.383 e. The molecule has 2 rings (SSSR count). The van der Waals surface area contributed by atoms with Gasteiger partial charge in [0.15, 0.2) is 5.03 Å². The van der Waals surface area contributed by atoms with Crippen LogP contribution in [0.25, 0.3) is 0 Å². The Morgan fingerprint density at radius 3 is 2.76 bits per heavy atom. The summed E-state index contributed by atoms with van der Waals surface area (Å²) in [4.78, 5) is 6.37. The highest BCUT2D eigenvalue weighted by molar-refractivity contribution is 7.89. The zero-order valence-electron chi connectivity index (χ0n) is 12.7. The molecule has 0 saturated carbocycles. The number of rotatable bonds is 7. The Hall–Kier alpha value is -1.18. The predicted octanol–water partition coefficient (Wildman–Crippen LogP) is 1.23. The van der Waals surface area contributed by atoms with E-state index in [1.54, 1.807) is 19.2 Å². The van der Waals surface area contributed by atoms with E-state index in [1.165, 1.54) is 23.3 Å². The van der Waals surface area contributed by atoms with Crippen molar-refractivity contribution in [3.8, 4) is 0 Å². The number of likely N-dealkylation sites (N-methyl/N-ethyl adjacent to an activating group) is 1. The predicted molar refractivity (Wildman–Crippen MR) is 83.9 cm³/mol. The first-order chi connectivity index (χ1) is 10.1. The molecule has 0 spiro atoms. The molecule has 118 valence electrons. The van der Waals surface area contributed by atoms with Gasteiger partial charge in [0.2, 0.25) is 0 Å².